The monoisotopic (exact) mass is 860 g/mol. The molecule has 0 spiro atoms. The predicted molar refractivity (Wildman–Crippen MR) is 228 cm³/mol. The maximum atomic E-state index is 11.6. The number of Topliss-reactive ketones (excluding diaryl/α,β-unsaturated/α-hetero) is 1. The van der Waals surface area contributed by atoms with Crippen molar-refractivity contribution in [3.8, 4) is 0 Å². The van der Waals surface area contributed by atoms with E-state index in [4.69, 9.17) is 35.4 Å². The largest absolute Gasteiger partial charge is 0.476 e. The fraction of sp³-hybridized carbons (Fsp3) is 0.452. The van der Waals surface area contributed by atoms with Crippen LogP contribution in [0.25, 0.3) is 0 Å². The van der Waals surface area contributed by atoms with Crippen LogP contribution in [0.1, 0.15) is 125 Å². The van der Waals surface area contributed by atoms with Gasteiger partial charge in [0, 0.05) is 21.7 Å². The van der Waals surface area contributed by atoms with Crippen molar-refractivity contribution in [2.24, 2.45) is 11.1 Å². The number of nitrogens with one attached hydrogen (secondary N) is 2. The average Bonchev–Trinajstić information content (AvgIpc) is 4.01. The van der Waals surface area contributed by atoms with Gasteiger partial charge in [0.1, 0.15) is 5.76 Å². The molecular weight excluding hydrogens is 800 g/mol. The van der Waals surface area contributed by atoms with Gasteiger partial charge in [-0.25, -0.2) is 34.1 Å². The van der Waals surface area contributed by atoms with Crippen LogP contribution in [0.5, 0.6) is 0 Å². The van der Waals surface area contributed by atoms with Crippen LogP contribution < -0.4 is 5.73 Å². The average molecular weight is 861 g/mol. The summed E-state index contributed by atoms with van der Waals surface area (Å²) >= 11 is 5.65. The second-order valence-corrected chi connectivity index (χ2v) is 14.8. The molecule has 18 heteroatoms. The zero-order valence-electron chi connectivity index (χ0n) is 36.5. The number of carbonyl (C=O) groups excluding carboxylic acids is 5. The molecule has 332 valence electrons. The molecule has 0 aliphatic rings. The molecular formula is C42H61ClN6O11. The number of esters is 3. The van der Waals surface area contributed by atoms with Gasteiger partial charge in [0.2, 0.25) is 6.41 Å². The van der Waals surface area contributed by atoms with Gasteiger partial charge in [-0.3, -0.25) is 9.59 Å². The second-order valence-electron chi connectivity index (χ2n) is 14.3. The van der Waals surface area contributed by atoms with Crippen LogP contribution in [0.4, 0.5) is 0 Å². The highest BCUT2D eigenvalue weighted by atomic mass is 35.5. The number of aromatic nitrogens is 5. The molecule has 0 radical (unpaired) electrons. The third kappa shape index (κ3) is 17.0. The third-order valence-corrected chi connectivity index (χ3v) is 8.64. The number of halogens is 1. The fourth-order valence-corrected chi connectivity index (χ4v) is 4.53. The topological polar surface area (TPSA) is 260 Å². The number of aromatic carboxylic acids is 1. The molecule has 0 aliphatic heterocycles. The maximum absolute atomic E-state index is 11.6. The minimum absolute atomic E-state index is 0.0601. The number of H-pyrrole nitrogens is 2. The second kappa shape index (κ2) is 26.1. The molecule has 17 nitrogen and oxygen atoms in total. The highest BCUT2D eigenvalue weighted by Gasteiger charge is 2.35. The van der Waals surface area contributed by atoms with Crippen LogP contribution >= 0.6 is 11.6 Å². The molecule has 3 heterocycles. The number of ketones is 1. The number of imidazole rings is 2. The van der Waals surface area contributed by atoms with Crippen molar-refractivity contribution in [2.45, 2.75) is 97.8 Å². The number of carboxylic acids is 1. The zero-order chi connectivity index (χ0) is 47.1. The van der Waals surface area contributed by atoms with Gasteiger partial charge < -0.3 is 39.4 Å². The standard InChI is InChI=1S/C11H16N2O2.C11H15NO3.C10H15ClO3.C9H12N2O2.CH3NO/c1-5-11(3,4)9-8(12-7-13-9)10(14)15-6-2;1-5-11(3,4)9-8(12-7-15-9)10(13)14-6-2;1-5-10(3,4)8(12)7(11)9(13)14-6-2;1-4-9(2,3)7-6(8(12)13)10-5-11-7;2-1-3/h5,7H,1,6H2,2-4H3,(H,12,13);5,7H,1,6H2,2-4H3;5,7H,1,6H2,2-4H3;4-5H,1H2,2-3H3,(H,10,11)(H,12,13);1H,(H2,2,3). The van der Waals surface area contributed by atoms with E-state index in [-0.39, 0.29) is 29.8 Å². The lowest BCUT2D eigenvalue weighted by atomic mass is 9.86. The van der Waals surface area contributed by atoms with Crippen LogP contribution in [-0.4, -0.2) is 91.3 Å². The number of ether oxygens (including phenoxy) is 3. The van der Waals surface area contributed by atoms with E-state index < -0.39 is 51.3 Å². The van der Waals surface area contributed by atoms with E-state index in [9.17, 15) is 24.0 Å². The predicted octanol–water partition coefficient (Wildman–Crippen LogP) is 6.98. The molecule has 0 saturated heterocycles. The Labute approximate surface area is 356 Å². The minimum Gasteiger partial charge on any atom is -0.476 e. The molecule has 60 heavy (non-hydrogen) atoms. The number of alkyl halides is 1. The van der Waals surface area contributed by atoms with E-state index >= 15 is 0 Å². The van der Waals surface area contributed by atoms with Gasteiger partial charge in [-0.1, -0.05) is 52.0 Å². The molecule has 1 atom stereocenters. The van der Waals surface area contributed by atoms with Gasteiger partial charge in [0.05, 0.1) is 43.9 Å². The van der Waals surface area contributed by atoms with Crippen molar-refractivity contribution >= 4 is 47.7 Å². The molecule has 0 saturated carbocycles. The van der Waals surface area contributed by atoms with E-state index in [1.54, 1.807) is 52.8 Å². The maximum Gasteiger partial charge on any atom is 0.360 e. The van der Waals surface area contributed by atoms with Crippen LogP contribution in [0, 0.1) is 5.41 Å². The van der Waals surface area contributed by atoms with Crippen molar-refractivity contribution in [1.82, 2.24) is 24.9 Å². The van der Waals surface area contributed by atoms with Crippen LogP contribution in [0.15, 0.2) is 74.1 Å². The number of carbonyl (C=O) groups is 6. The normalized spacial score (nSPS) is 11.3. The van der Waals surface area contributed by atoms with Crippen LogP contribution in [-0.2, 0) is 44.8 Å². The Morgan fingerprint density at radius 3 is 1.52 bits per heavy atom. The summed E-state index contributed by atoms with van der Waals surface area (Å²) in [5.41, 5.74) is 4.14. The first-order chi connectivity index (χ1) is 27.8. The van der Waals surface area contributed by atoms with Crippen molar-refractivity contribution in [3.05, 3.63) is 104 Å². The first kappa shape index (κ1) is 56.0. The van der Waals surface area contributed by atoms with Crippen molar-refractivity contribution in [3.63, 3.8) is 0 Å². The molecule has 0 bridgehead atoms. The Morgan fingerprint density at radius 2 is 1.13 bits per heavy atom. The van der Waals surface area contributed by atoms with E-state index in [0.29, 0.717) is 30.4 Å². The summed E-state index contributed by atoms with van der Waals surface area (Å²) in [6, 6.07) is 0. The van der Waals surface area contributed by atoms with Gasteiger partial charge >= 0.3 is 23.9 Å². The molecule has 3 rings (SSSR count). The zero-order valence-corrected chi connectivity index (χ0v) is 37.2. The summed E-state index contributed by atoms with van der Waals surface area (Å²) in [5.74, 6) is -2.50. The fourth-order valence-electron chi connectivity index (χ4n) is 4.18. The number of allylic oxidation sites excluding steroid dienone is 4. The number of nitrogens with two attached hydrogens (primary N) is 1. The number of rotatable bonds is 16. The number of oxazole rings is 1. The van der Waals surface area contributed by atoms with Gasteiger partial charge in [-0.05, 0) is 48.5 Å². The van der Waals surface area contributed by atoms with Crippen molar-refractivity contribution in [1.29, 1.82) is 0 Å². The van der Waals surface area contributed by atoms with Gasteiger partial charge in [-0.2, -0.15) is 0 Å². The van der Waals surface area contributed by atoms with Gasteiger partial charge in [-0.15, -0.1) is 37.9 Å². The minimum atomic E-state index is -1.25. The number of primary amides is 1. The lowest BCUT2D eigenvalue weighted by molar-refractivity contribution is -0.146. The number of amides is 1. The highest BCUT2D eigenvalue weighted by Crippen LogP contribution is 2.28. The quantitative estimate of drug-likeness (QED) is 0.0283. The van der Waals surface area contributed by atoms with E-state index in [0.717, 1.165) is 5.69 Å². The number of nitrogens with zero attached hydrogens (tertiary/aromatic N) is 3. The Hall–Kier alpha value is -6.10. The lowest BCUT2D eigenvalue weighted by Crippen LogP contribution is -2.36. The molecule has 3 aromatic rings. The summed E-state index contributed by atoms with van der Waals surface area (Å²) in [5, 5.41) is 7.55. The van der Waals surface area contributed by atoms with E-state index in [2.05, 4.69) is 61.7 Å². The SMILES string of the molecule is C=CC(C)(C)C(=O)C(Cl)C(=O)OCC.C=CC(C)(C)c1[nH]cnc1C(=O)O.C=CC(C)(C)c1[nH]cnc1C(=O)OCC.C=CC(C)(C)c1ocnc1C(=O)OCC.NC=O. The summed E-state index contributed by atoms with van der Waals surface area (Å²) in [4.78, 5) is 82.4. The Morgan fingerprint density at radius 1 is 0.733 bits per heavy atom. The number of hydrogen-bond donors (Lipinski definition) is 4. The Bertz CT molecular complexity index is 1830. The van der Waals surface area contributed by atoms with Crippen LogP contribution in [0.3, 0.4) is 0 Å². The number of hydrogen-bond acceptors (Lipinski definition) is 13. The summed E-state index contributed by atoms with van der Waals surface area (Å²) in [6.07, 6.45) is 11.0. The Kier molecular flexibility index (Phi) is 24.4. The molecule has 5 N–H and O–H groups in total. The van der Waals surface area contributed by atoms with E-state index in [1.165, 1.54) is 25.1 Å². The number of carboxylic acid groups (broad SMARTS) is 1. The smallest absolute Gasteiger partial charge is 0.360 e. The van der Waals surface area contributed by atoms with Gasteiger partial charge in [0.25, 0.3) is 0 Å². The molecule has 0 aliphatic carbocycles. The van der Waals surface area contributed by atoms with Crippen molar-refractivity contribution in [2.75, 3.05) is 19.8 Å². The highest BCUT2D eigenvalue weighted by molar-refractivity contribution is 6.41. The van der Waals surface area contributed by atoms with Crippen LogP contribution in [0.2, 0.25) is 0 Å². The molecule has 3 aromatic heterocycles. The summed E-state index contributed by atoms with van der Waals surface area (Å²) in [7, 11) is 0. The molecule has 1 unspecified atom stereocenters. The summed E-state index contributed by atoms with van der Waals surface area (Å²) < 4.78 is 19.6. The molecule has 0 fully saturated rings. The van der Waals surface area contributed by atoms with E-state index in [1.807, 2.05) is 41.5 Å². The number of aromatic amines is 2. The first-order valence-corrected chi connectivity index (χ1v) is 18.9. The third-order valence-electron chi connectivity index (χ3n) is 8.26. The van der Waals surface area contributed by atoms with Gasteiger partial charge in [0.15, 0.2) is 34.6 Å². The molecule has 0 aromatic carbocycles. The Balaban J connectivity index is 0. The summed E-state index contributed by atoms with van der Waals surface area (Å²) in [6.45, 7) is 35.4. The van der Waals surface area contributed by atoms with Crippen molar-refractivity contribution < 1.29 is 52.5 Å². The lowest BCUT2D eigenvalue weighted by Gasteiger charge is -2.20. The molecule has 1 amide bonds. The first-order valence-electron chi connectivity index (χ1n) is 18.5.